The fourth-order valence-electron chi connectivity index (χ4n) is 1.44. The molecule has 17 heavy (non-hydrogen) atoms. The molecule has 2 N–H and O–H groups in total. The lowest BCUT2D eigenvalue weighted by atomic mass is 10.1. The highest BCUT2D eigenvalue weighted by Crippen LogP contribution is 2.20. The van der Waals surface area contributed by atoms with Gasteiger partial charge in [-0.05, 0) is 31.0 Å². The zero-order chi connectivity index (χ0) is 12.3. The maximum Gasteiger partial charge on any atom is 0.252 e. The molecule has 0 saturated heterocycles. The Morgan fingerprint density at radius 3 is 2.94 bits per heavy atom. The summed E-state index contributed by atoms with van der Waals surface area (Å²) in [4.78, 5) is 11.8. The summed E-state index contributed by atoms with van der Waals surface area (Å²) < 4.78 is 13.1. The highest BCUT2D eigenvalue weighted by atomic mass is 19.1. The van der Waals surface area contributed by atoms with E-state index in [9.17, 15) is 9.18 Å². The summed E-state index contributed by atoms with van der Waals surface area (Å²) in [5.74, 6) is 4.31. The predicted octanol–water partition coefficient (Wildman–Crippen LogP) is 1.06. The van der Waals surface area contributed by atoms with Crippen molar-refractivity contribution < 1.29 is 14.3 Å². The van der Waals surface area contributed by atoms with E-state index in [1.165, 1.54) is 18.2 Å². The van der Waals surface area contributed by atoms with Crippen LogP contribution in [-0.2, 0) is 0 Å². The number of amides is 1. The number of hydrogen-bond donors (Lipinski definition) is 2. The zero-order valence-corrected chi connectivity index (χ0v) is 9.16. The maximum absolute atomic E-state index is 13.1. The Bertz CT molecular complexity index is 498. The minimum Gasteiger partial charge on any atom is -0.384 e. The van der Waals surface area contributed by atoms with Crippen molar-refractivity contribution in [1.82, 2.24) is 5.32 Å². The normalized spacial score (nSPS) is 13.8. The van der Waals surface area contributed by atoms with Gasteiger partial charge in [0.1, 0.15) is 12.4 Å². The molecule has 0 aliphatic heterocycles. The van der Waals surface area contributed by atoms with Crippen LogP contribution in [0.1, 0.15) is 28.8 Å². The molecule has 1 aromatic carbocycles. The molecule has 1 aromatic rings. The second kappa shape index (κ2) is 4.98. The van der Waals surface area contributed by atoms with Gasteiger partial charge in [0, 0.05) is 11.6 Å². The van der Waals surface area contributed by atoms with Crippen LogP contribution in [0, 0.1) is 17.7 Å². The Morgan fingerprint density at radius 1 is 1.53 bits per heavy atom. The first-order chi connectivity index (χ1) is 8.20. The van der Waals surface area contributed by atoms with E-state index in [2.05, 4.69) is 17.2 Å². The van der Waals surface area contributed by atoms with Crippen LogP contribution < -0.4 is 5.32 Å². The summed E-state index contributed by atoms with van der Waals surface area (Å²) in [6, 6.07) is 4.07. The van der Waals surface area contributed by atoms with Crippen molar-refractivity contribution in [3.05, 3.63) is 35.1 Å². The number of benzene rings is 1. The summed E-state index contributed by atoms with van der Waals surface area (Å²) in [5, 5.41) is 11.4. The lowest BCUT2D eigenvalue weighted by molar-refractivity contribution is 0.0950. The van der Waals surface area contributed by atoms with E-state index in [-0.39, 0.29) is 24.1 Å². The first kappa shape index (κ1) is 11.6. The largest absolute Gasteiger partial charge is 0.384 e. The van der Waals surface area contributed by atoms with E-state index in [1.54, 1.807) is 0 Å². The Kier molecular flexibility index (Phi) is 3.40. The Hall–Kier alpha value is -1.86. The van der Waals surface area contributed by atoms with Crippen molar-refractivity contribution in [3.8, 4) is 11.8 Å². The summed E-state index contributed by atoms with van der Waals surface area (Å²) in [6.07, 6.45) is 1.94. The van der Waals surface area contributed by atoms with Crippen molar-refractivity contribution in [1.29, 1.82) is 0 Å². The third kappa shape index (κ3) is 3.05. The topological polar surface area (TPSA) is 49.3 Å². The van der Waals surface area contributed by atoms with Gasteiger partial charge in [-0.25, -0.2) is 4.39 Å². The van der Waals surface area contributed by atoms with Crippen LogP contribution in [0.4, 0.5) is 4.39 Å². The van der Waals surface area contributed by atoms with Gasteiger partial charge in [0.2, 0.25) is 0 Å². The lowest BCUT2D eigenvalue weighted by Crippen LogP contribution is -2.26. The molecule has 1 aliphatic rings. The molecule has 0 atom stereocenters. The number of carbonyl (C=O) groups excluding carboxylic acids is 1. The molecule has 0 radical (unpaired) electrons. The highest BCUT2D eigenvalue weighted by Gasteiger charge is 2.24. The molecule has 4 heteroatoms. The van der Waals surface area contributed by atoms with E-state index < -0.39 is 5.82 Å². The minimum absolute atomic E-state index is 0.212. The molecule has 0 spiro atoms. The second-order valence-electron chi connectivity index (χ2n) is 3.90. The van der Waals surface area contributed by atoms with E-state index in [0.29, 0.717) is 5.56 Å². The van der Waals surface area contributed by atoms with Gasteiger partial charge >= 0.3 is 0 Å². The number of aliphatic hydroxyl groups is 1. The molecule has 1 aliphatic carbocycles. The van der Waals surface area contributed by atoms with Gasteiger partial charge in [-0.1, -0.05) is 11.8 Å². The van der Waals surface area contributed by atoms with Crippen LogP contribution in [0.2, 0.25) is 0 Å². The number of carbonyl (C=O) groups is 1. The summed E-state index contributed by atoms with van der Waals surface area (Å²) in [5.41, 5.74) is 0.649. The molecule has 1 saturated carbocycles. The van der Waals surface area contributed by atoms with E-state index in [4.69, 9.17) is 5.11 Å². The van der Waals surface area contributed by atoms with Crippen LogP contribution in [0.3, 0.4) is 0 Å². The van der Waals surface area contributed by atoms with Gasteiger partial charge in [0.05, 0.1) is 5.56 Å². The van der Waals surface area contributed by atoms with Crippen LogP contribution in [-0.4, -0.2) is 23.7 Å². The molecular weight excluding hydrogens is 221 g/mol. The third-order valence-electron chi connectivity index (χ3n) is 2.44. The maximum atomic E-state index is 13.1. The number of nitrogens with one attached hydrogen (secondary N) is 1. The molecule has 1 amide bonds. The quantitative estimate of drug-likeness (QED) is 0.750. The van der Waals surface area contributed by atoms with E-state index >= 15 is 0 Å². The highest BCUT2D eigenvalue weighted by molar-refractivity contribution is 5.97. The van der Waals surface area contributed by atoms with Crippen molar-refractivity contribution >= 4 is 5.91 Å². The number of hydrogen-bond acceptors (Lipinski definition) is 2. The van der Waals surface area contributed by atoms with Crippen LogP contribution in [0.25, 0.3) is 0 Å². The number of aliphatic hydroxyl groups excluding tert-OH is 1. The standard InChI is InChI=1S/C13H12FNO2/c14-10-4-3-9(2-1-7-16)12(8-10)13(17)15-11-5-6-11/h3-4,8,11,16H,5-7H2,(H,15,17). The first-order valence-electron chi connectivity index (χ1n) is 5.41. The lowest BCUT2D eigenvalue weighted by Gasteiger charge is -2.05. The molecule has 3 nitrogen and oxygen atoms in total. The predicted molar refractivity (Wildman–Crippen MR) is 60.9 cm³/mol. The van der Waals surface area contributed by atoms with Gasteiger partial charge < -0.3 is 10.4 Å². The van der Waals surface area contributed by atoms with Gasteiger partial charge in [-0.15, -0.1) is 0 Å². The second-order valence-corrected chi connectivity index (χ2v) is 3.90. The summed E-state index contributed by atoms with van der Waals surface area (Å²) >= 11 is 0. The third-order valence-corrected chi connectivity index (χ3v) is 2.44. The molecule has 2 rings (SSSR count). The molecular formula is C13H12FNO2. The molecule has 0 aromatic heterocycles. The first-order valence-corrected chi connectivity index (χ1v) is 5.41. The van der Waals surface area contributed by atoms with Crippen molar-refractivity contribution in [3.63, 3.8) is 0 Å². The van der Waals surface area contributed by atoms with E-state index in [1.807, 2.05) is 0 Å². The molecule has 0 unspecified atom stereocenters. The summed E-state index contributed by atoms with van der Waals surface area (Å²) in [6.45, 7) is -0.291. The fourth-order valence-corrected chi connectivity index (χ4v) is 1.44. The van der Waals surface area contributed by atoms with Crippen molar-refractivity contribution in [2.45, 2.75) is 18.9 Å². The van der Waals surface area contributed by atoms with Gasteiger partial charge in [0.15, 0.2) is 0 Å². The van der Waals surface area contributed by atoms with Gasteiger partial charge in [0.25, 0.3) is 5.91 Å². The average molecular weight is 233 g/mol. The molecule has 0 heterocycles. The van der Waals surface area contributed by atoms with Gasteiger partial charge in [-0.2, -0.15) is 0 Å². The van der Waals surface area contributed by atoms with Crippen LogP contribution >= 0.6 is 0 Å². The number of halogens is 1. The Labute approximate surface area is 98.7 Å². The molecule has 1 fully saturated rings. The van der Waals surface area contributed by atoms with Crippen molar-refractivity contribution in [2.24, 2.45) is 0 Å². The monoisotopic (exact) mass is 233 g/mol. The Morgan fingerprint density at radius 2 is 2.29 bits per heavy atom. The van der Waals surface area contributed by atoms with Crippen molar-refractivity contribution in [2.75, 3.05) is 6.61 Å². The summed E-state index contributed by atoms with van der Waals surface area (Å²) in [7, 11) is 0. The van der Waals surface area contributed by atoms with E-state index in [0.717, 1.165) is 12.8 Å². The smallest absolute Gasteiger partial charge is 0.252 e. The zero-order valence-electron chi connectivity index (χ0n) is 9.16. The Balaban J connectivity index is 2.27. The minimum atomic E-state index is -0.472. The molecule has 0 bridgehead atoms. The van der Waals surface area contributed by atoms with Gasteiger partial charge in [-0.3, -0.25) is 4.79 Å². The number of rotatable bonds is 2. The molecule has 88 valence electrons. The van der Waals surface area contributed by atoms with Crippen LogP contribution in [0.15, 0.2) is 18.2 Å². The SMILES string of the molecule is O=C(NC1CC1)c1cc(F)ccc1C#CCO. The fraction of sp³-hybridized carbons (Fsp3) is 0.308. The average Bonchev–Trinajstić information content (AvgIpc) is 3.11. The van der Waals surface area contributed by atoms with Crippen LogP contribution in [0.5, 0.6) is 0 Å².